The fourth-order valence-electron chi connectivity index (χ4n) is 5.33. The number of anilines is 1. The molecule has 2 heterocycles. The first-order chi connectivity index (χ1) is 18.7. The standard InChI is InChI=1S/C26H27F5N4O3S2/c27-25(28)6-5-18(19(13-25)23(36)34-24(15-32)7-8-24)22-21(33-20(39-22)14-26(29,30)31)16-1-3-17(4-2-16)35-9-11-40(37,38)12-10-35/h1-4,18-19H,5-14H2,(H,34,36). The smallest absolute Gasteiger partial charge is 0.369 e. The van der Waals surface area contributed by atoms with Crippen LogP contribution >= 0.6 is 11.3 Å². The monoisotopic (exact) mass is 602 g/mol. The van der Waals surface area contributed by atoms with Gasteiger partial charge < -0.3 is 10.2 Å². The predicted molar refractivity (Wildman–Crippen MR) is 139 cm³/mol. The maximum absolute atomic E-state index is 14.5. The number of nitrogens with one attached hydrogen (secondary N) is 1. The summed E-state index contributed by atoms with van der Waals surface area (Å²) >= 11 is 0.782. The Morgan fingerprint density at radius 3 is 2.38 bits per heavy atom. The molecule has 216 valence electrons. The van der Waals surface area contributed by atoms with Crippen molar-refractivity contribution in [1.29, 1.82) is 5.26 Å². The number of carbonyl (C=O) groups is 1. The van der Waals surface area contributed by atoms with E-state index in [2.05, 4.69) is 10.3 Å². The first kappa shape index (κ1) is 28.7. The summed E-state index contributed by atoms with van der Waals surface area (Å²) in [5.41, 5.74) is 0.356. The molecule has 14 heteroatoms. The number of hydrogen-bond acceptors (Lipinski definition) is 7. The third-order valence-electron chi connectivity index (χ3n) is 7.73. The summed E-state index contributed by atoms with van der Waals surface area (Å²) in [6.07, 6.45) is -6.40. The van der Waals surface area contributed by atoms with Crippen molar-refractivity contribution in [3.8, 4) is 17.3 Å². The van der Waals surface area contributed by atoms with Gasteiger partial charge in [0.15, 0.2) is 9.84 Å². The zero-order chi connectivity index (χ0) is 28.9. The van der Waals surface area contributed by atoms with E-state index in [9.17, 15) is 40.4 Å². The van der Waals surface area contributed by atoms with Crippen molar-refractivity contribution in [3.05, 3.63) is 34.2 Å². The zero-order valence-electron chi connectivity index (χ0n) is 21.3. The Labute approximate surface area is 232 Å². The number of hydrogen-bond donors (Lipinski definition) is 1. The maximum atomic E-state index is 14.5. The molecule has 0 bridgehead atoms. The first-order valence-electron chi connectivity index (χ1n) is 12.9. The van der Waals surface area contributed by atoms with Crippen molar-refractivity contribution in [3.63, 3.8) is 0 Å². The van der Waals surface area contributed by atoms with E-state index < -0.39 is 64.5 Å². The SMILES string of the molecule is N#CC1(NC(=O)C2CC(F)(F)CCC2c2sc(CC(F)(F)F)nc2-c2ccc(N3CCS(=O)(=O)CC3)cc2)CC1. The molecule has 2 aliphatic carbocycles. The Morgan fingerprint density at radius 1 is 1.15 bits per heavy atom. The lowest BCUT2D eigenvalue weighted by atomic mass is 9.75. The van der Waals surface area contributed by atoms with Gasteiger partial charge in [-0.3, -0.25) is 4.79 Å². The topological polar surface area (TPSA) is 103 Å². The molecular formula is C26H27F5N4O3S2. The van der Waals surface area contributed by atoms with Crippen LogP contribution in [0.15, 0.2) is 24.3 Å². The van der Waals surface area contributed by atoms with Crippen LogP contribution in [0.25, 0.3) is 11.3 Å². The van der Waals surface area contributed by atoms with E-state index in [0.29, 0.717) is 36.4 Å². The summed E-state index contributed by atoms with van der Waals surface area (Å²) in [5, 5.41) is 11.7. The lowest BCUT2D eigenvalue weighted by molar-refractivity contribution is -0.134. The van der Waals surface area contributed by atoms with E-state index >= 15 is 0 Å². The van der Waals surface area contributed by atoms with Gasteiger partial charge in [-0.2, -0.15) is 18.4 Å². The Morgan fingerprint density at radius 2 is 1.80 bits per heavy atom. The van der Waals surface area contributed by atoms with E-state index in [1.54, 1.807) is 24.3 Å². The quantitative estimate of drug-likeness (QED) is 0.475. The van der Waals surface area contributed by atoms with Gasteiger partial charge in [0.2, 0.25) is 11.8 Å². The Hall–Kier alpha value is -2.79. The zero-order valence-corrected chi connectivity index (χ0v) is 22.9. The summed E-state index contributed by atoms with van der Waals surface area (Å²) < 4.78 is 92.4. The molecule has 1 saturated heterocycles. The highest BCUT2D eigenvalue weighted by Gasteiger charge is 2.51. The fourth-order valence-corrected chi connectivity index (χ4v) is 7.85. The molecule has 2 unspecified atom stereocenters. The molecule has 1 aromatic heterocycles. The third kappa shape index (κ3) is 6.40. The lowest BCUT2D eigenvalue weighted by Gasteiger charge is -2.35. The van der Waals surface area contributed by atoms with Crippen molar-refractivity contribution in [2.45, 2.75) is 62.1 Å². The Balaban J connectivity index is 1.48. The summed E-state index contributed by atoms with van der Waals surface area (Å²) in [6, 6.07) is 8.78. The minimum atomic E-state index is -4.54. The molecule has 1 aromatic carbocycles. The van der Waals surface area contributed by atoms with Crippen molar-refractivity contribution in [1.82, 2.24) is 10.3 Å². The summed E-state index contributed by atoms with van der Waals surface area (Å²) in [4.78, 5) is 19.7. The number of halogens is 5. The van der Waals surface area contributed by atoms with Gasteiger partial charge >= 0.3 is 6.18 Å². The second kappa shape index (κ2) is 10.2. The number of nitriles is 1. The van der Waals surface area contributed by atoms with Gasteiger partial charge in [-0.05, 0) is 31.4 Å². The average molecular weight is 603 g/mol. The minimum Gasteiger partial charge on any atom is -0.369 e. The molecule has 0 spiro atoms. The Bertz CT molecular complexity index is 1420. The van der Waals surface area contributed by atoms with Gasteiger partial charge in [0, 0.05) is 48.0 Å². The summed E-state index contributed by atoms with van der Waals surface area (Å²) in [7, 11) is -3.08. The normalized spacial score (nSPS) is 25.1. The van der Waals surface area contributed by atoms with Crippen LogP contribution in [0, 0.1) is 17.2 Å². The fraction of sp³-hybridized carbons (Fsp3) is 0.577. The van der Waals surface area contributed by atoms with Crippen LogP contribution in [-0.4, -0.2) is 61.5 Å². The largest absolute Gasteiger partial charge is 0.395 e. The van der Waals surface area contributed by atoms with Crippen LogP contribution < -0.4 is 10.2 Å². The number of benzene rings is 1. The van der Waals surface area contributed by atoms with Crippen molar-refractivity contribution in [2.24, 2.45) is 5.92 Å². The van der Waals surface area contributed by atoms with E-state index in [1.807, 2.05) is 11.0 Å². The predicted octanol–water partition coefficient (Wildman–Crippen LogP) is 4.84. The number of alkyl halides is 5. The van der Waals surface area contributed by atoms with E-state index in [1.165, 1.54) is 0 Å². The van der Waals surface area contributed by atoms with Crippen molar-refractivity contribution in [2.75, 3.05) is 29.5 Å². The Kier molecular flexibility index (Phi) is 7.35. The number of amides is 1. The van der Waals surface area contributed by atoms with Gasteiger partial charge in [-0.1, -0.05) is 12.1 Å². The lowest BCUT2D eigenvalue weighted by Crippen LogP contribution is -2.45. The molecule has 2 aromatic rings. The second-order valence-electron chi connectivity index (χ2n) is 10.8. The number of aromatic nitrogens is 1. The molecule has 0 radical (unpaired) electrons. The van der Waals surface area contributed by atoms with Crippen LogP contribution in [0.5, 0.6) is 0 Å². The van der Waals surface area contributed by atoms with Crippen LogP contribution in [0.1, 0.15) is 47.9 Å². The molecule has 40 heavy (non-hydrogen) atoms. The van der Waals surface area contributed by atoms with Crippen molar-refractivity contribution >= 4 is 32.8 Å². The molecule has 2 atom stereocenters. The number of thiazole rings is 1. The van der Waals surface area contributed by atoms with Gasteiger partial charge in [-0.25, -0.2) is 22.2 Å². The van der Waals surface area contributed by atoms with Gasteiger partial charge in [-0.15, -0.1) is 11.3 Å². The first-order valence-corrected chi connectivity index (χ1v) is 15.6. The van der Waals surface area contributed by atoms with Gasteiger partial charge in [0.05, 0.1) is 35.6 Å². The third-order valence-corrected chi connectivity index (χ3v) is 10.5. The van der Waals surface area contributed by atoms with Gasteiger partial charge in [0.1, 0.15) is 10.5 Å². The molecule has 2 saturated carbocycles. The van der Waals surface area contributed by atoms with E-state index in [-0.39, 0.29) is 28.6 Å². The number of rotatable bonds is 6. The number of sulfone groups is 1. The molecule has 1 aliphatic heterocycles. The number of nitrogens with zero attached hydrogens (tertiary/aromatic N) is 3. The molecular weight excluding hydrogens is 575 g/mol. The molecule has 3 aliphatic rings. The summed E-state index contributed by atoms with van der Waals surface area (Å²) in [5.74, 6) is -5.80. The molecule has 5 rings (SSSR count). The number of carbonyl (C=O) groups excluding carboxylic acids is 1. The highest BCUT2D eigenvalue weighted by Crippen LogP contribution is 2.50. The summed E-state index contributed by atoms with van der Waals surface area (Å²) in [6.45, 7) is 0.632. The van der Waals surface area contributed by atoms with Gasteiger partial charge in [0.25, 0.3) is 0 Å². The van der Waals surface area contributed by atoms with E-state index in [4.69, 9.17) is 0 Å². The maximum Gasteiger partial charge on any atom is 0.395 e. The molecule has 7 nitrogen and oxygen atoms in total. The van der Waals surface area contributed by atoms with Crippen LogP contribution in [0.3, 0.4) is 0 Å². The highest BCUT2D eigenvalue weighted by atomic mass is 32.2. The molecule has 1 amide bonds. The van der Waals surface area contributed by atoms with Crippen LogP contribution in [0.4, 0.5) is 27.6 Å². The van der Waals surface area contributed by atoms with Crippen molar-refractivity contribution < 1.29 is 35.2 Å². The highest BCUT2D eigenvalue weighted by molar-refractivity contribution is 7.91. The van der Waals surface area contributed by atoms with Crippen LogP contribution in [-0.2, 0) is 21.1 Å². The average Bonchev–Trinajstić information content (AvgIpc) is 3.53. The molecule has 3 fully saturated rings. The van der Waals surface area contributed by atoms with E-state index in [0.717, 1.165) is 17.0 Å². The minimum absolute atomic E-state index is 0.0225. The second-order valence-corrected chi connectivity index (χ2v) is 14.2. The molecule has 1 N–H and O–H groups in total. The van der Waals surface area contributed by atoms with Crippen LogP contribution in [0.2, 0.25) is 0 Å².